The van der Waals surface area contributed by atoms with Gasteiger partial charge in [-0.3, -0.25) is 9.71 Å². The molecule has 0 unspecified atom stereocenters. The number of sulfonamides is 1. The molecule has 9 heteroatoms. The summed E-state index contributed by atoms with van der Waals surface area (Å²) in [6.07, 6.45) is 2.49. The third-order valence-corrected chi connectivity index (χ3v) is 5.63. The number of benzene rings is 2. The monoisotopic (exact) mass is 426 g/mol. The molecule has 3 aromatic rings. The number of rotatable bonds is 7. The van der Waals surface area contributed by atoms with Gasteiger partial charge in [-0.25, -0.2) is 13.2 Å². The van der Waals surface area contributed by atoms with Crippen molar-refractivity contribution in [2.75, 3.05) is 10.0 Å². The molecule has 0 saturated heterocycles. The van der Waals surface area contributed by atoms with E-state index in [1.165, 1.54) is 24.3 Å². The molecule has 0 spiro atoms. The number of urea groups is 1. The standard InChI is InChI=1S/C21H22N4O4S/c1-15(26)19-6-2-3-7-20(19)25-30(28,29)18-10-8-17(9-11-18)24-21(27)23-14-16-5-4-12-22-13-16/h2-13,15,25-26H,14H2,1H3,(H2,23,24,27)/t15-/m0/s1. The maximum absolute atomic E-state index is 12.7. The Labute approximate surface area is 175 Å². The molecule has 0 aliphatic rings. The summed E-state index contributed by atoms with van der Waals surface area (Å²) in [5.41, 5.74) is 2.09. The quantitative estimate of drug-likeness (QED) is 0.462. The second kappa shape index (κ2) is 9.38. The average Bonchev–Trinajstić information content (AvgIpc) is 2.73. The minimum absolute atomic E-state index is 0.0317. The molecule has 8 nitrogen and oxygen atoms in total. The summed E-state index contributed by atoms with van der Waals surface area (Å²) in [6.45, 7) is 1.88. The van der Waals surface area contributed by atoms with E-state index in [4.69, 9.17) is 0 Å². The number of hydrogen-bond acceptors (Lipinski definition) is 5. The number of anilines is 2. The topological polar surface area (TPSA) is 120 Å². The van der Waals surface area contributed by atoms with Crippen molar-refractivity contribution in [2.24, 2.45) is 0 Å². The van der Waals surface area contributed by atoms with E-state index in [1.54, 1.807) is 49.6 Å². The van der Waals surface area contributed by atoms with Crippen molar-refractivity contribution in [1.29, 1.82) is 0 Å². The Morgan fingerprint density at radius 1 is 1.07 bits per heavy atom. The molecular formula is C21H22N4O4S. The Balaban J connectivity index is 1.64. The van der Waals surface area contributed by atoms with Crippen molar-refractivity contribution < 1.29 is 18.3 Å². The van der Waals surface area contributed by atoms with E-state index in [2.05, 4.69) is 20.3 Å². The van der Waals surface area contributed by atoms with Crippen LogP contribution in [0.15, 0.2) is 78.0 Å². The maximum Gasteiger partial charge on any atom is 0.319 e. The summed E-state index contributed by atoms with van der Waals surface area (Å²) in [6, 6.07) is 15.6. The van der Waals surface area contributed by atoms with E-state index < -0.39 is 22.2 Å². The van der Waals surface area contributed by atoms with Crippen molar-refractivity contribution in [1.82, 2.24) is 10.3 Å². The fourth-order valence-corrected chi connectivity index (χ4v) is 3.82. The van der Waals surface area contributed by atoms with E-state index in [1.807, 2.05) is 6.07 Å². The Morgan fingerprint density at radius 2 is 1.80 bits per heavy atom. The molecule has 0 bridgehead atoms. The van der Waals surface area contributed by atoms with E-state index in [0.29, 0.717) is 23.5 Å². The summed E-state index contributed by atoms with van der Waals surface area (Å²) >= 11 is 0. The van der Waals surface area contributed by atoms with Crippen LogP contribution in [0.25, 0.3) is 0 Å². The normalized spacial score (nSPS) is 12.1. The van der Waals surface area contributed by atoms with Gasteiger partial charge in [0.05, 0.1) is 16.7 Å². The lowest BCUT2D eigenvalue weighted by Gasteiger charge is -2.14. The summed E-state index contributed by atoms with van der Waals surface area (Å²) < 4.78 is 27.8. The average molecular weight is 426 g/mol. The highest BCUT2D eigenvalue weighted by Crippen LogP contribution is 2.25. The summed E-state index contributed by atoms with van der Waals surface area (Å²) in [5, 5.41) is 15.2. The number of amides is 2. The third kappa shape index (κ3) is 5.56. The molecule has 1 atom stereocenters. The zero-order chi connectivity index (χ0) is 21.6. The van der Waals surface area contributed by atoms with Crippen LogP contribution in [-0.2, 0) is 16.6 Å². The molecule has 4 N–H and O–H groups in total. The number of aliphatic hydroxyl groups excluding tert-OH is 1. The van der Waals surface area contributed by atoms with Gasteiger partial charge in [0.2, 0.25) is 0 Å². The molecule has 0 aliphatic carbocycles. The number of pyridine rings is 1. The Morgan fingerprint density at radius 3 is 2.47 bits per heavy atom. The van der Waals surface area contributed by atoms with E-state index >= 15 is 0 Å². The smallest absolute Gasteiger partial charge is 0.319 e. The Kier molecular flexibility index (Phi) is 6.65. The van der Waals surface area contributed by atoms with Crippen LogP contribution in [0.5, 0.6) is 0 Å². The molecule has 3 rings (SSSR count). The zero-order valence-corrected chi connectivity index (χ0v) is 17.1. The summed E-state index contributed by atoms with van der Waals surface area (Å²) in [5.74, 6) is 0. The van der Waals surface area contributed by atoms with Crippen LogP contribution in [-0.4, -0.2) is 24.5 Å². The third-order valence-electron chi connectivity index (χ3n) is 4.25. The summed E-state index contributed by atoms with van der Waals surface area (Å²) in [7, 11) is -3.86. The van der Waals surface area contributed by atoms with Crippen LogP contribution in [0.4, 0.5) is 16.2 Å². The van der Waals surface area contributed by atoms with Gasteiger partial charge in [-0.15, -0.1) is 0 Å². The minimum atomic E-state index is -3.86. The lowest BCUT2D eigenvalue weighted by atomic mass is 10.1. The Hall–Kier alpha value is -3.43. The highest BCUT2D eigenvalue weighted by Gasteiger charge is 2.17. The first-order valence-corrected chi connectivity index (χ1v) is 10.7. The second-order valence-corrected chi connectivity index (χ2v) is 8.24. The lowest BCUT2D eigenvalue weighted by Crippen LogP contribution is -2.28. The van der Waals surface area contributed by atoms with E-state index in [9.17, 15) is 18.3 Å². The van der Waals surface area contributed by atoms with Crippen molar-refractivity contribution in [3.05, 3.63) is 84.2 Å². The number of carbonyl (C=O) groups excluding carboxylic acids is 1. The SMILES string of the molecule is C[C@H](O)c1ccccc1NS(=O)(=O)c1ccc(NC(=O)NCc2cccnc2)cc1. The van der Waals surface area contributed by atoms with Crippen LogP contribution in [0.2, 0.25) is 0 Å². The Bertz CT molecular complexity index is 1100. The van der Waals surface area contributed by atoms with Gasteiger partial charge in [-0.1, -0.05) is 24.3 Å². The molecule has 1 heterocycles. The van der Waals surface area contributed by atoms with Gasteiger partial charge < -0.3 is 15.7 Å². The van der Waals surface area contributed by atoms with Crippen molar-refractivity contribution in [2.45, 2.75) is 24.5 Å². The molecule has 2 amide bonds. The molecule has 156 valence electrons. The molecule has 0 aliphatic heterocycles. The van der Waals surface area contributed by atoms with Gasteiger partial charge in [-0.2, -0.15) is 0 Å². The van der Waals surface area contributed by atoms with Gasteiger partial charge in [0, 0.05) is 30.2 Å². The molecule has 2 aromatic carbocycles. The van der Waals surface area contributed by atoms with Crippen molar-refractivity contribution in [3.8, 4) is 0 Å². The molecule has 0 fully saturated rings. The van der Waals surface area contributed by atoms with Gasteiger partial charge >= 0.3 is 6.03 Å². The first-order chi connectivity index (χ1) is 14.3. The summed E-state index contributed by atoms with van der Waals surface area (Å²) in [4.78, 5) is 16.0. The number of aromatic nitrogens is 1. The zero-order valence-electron chi connectivity index (χ0n) is 16.2. The number of nitrogens with zero attached hydrogens (tertiary/aromatic N) is 1. The van der Waals surface area contributed by atoms with Crippen LogP contribution in [0.1, 0.15) is 24.2 Å². The minimum Gasteiger partial charge on any atom is -0.389 e. The molecule has 0 radical (unpaired) electrons. The van der Waals surface area contributed by atoms with E-state index in [0.717, 1.165) is 5.56 Å². The van der Waals surface area contributed by atoms with Crippen LogP contribution in [0.3, 0.4) is 0 Å². The second-order valence-electron chi connectivity index (χ2n) is 6.56. The highest BCUT2D eigenvalue weighted by atomic mass is 32.2. The molecule has 30 heavy (non-hydrogen) atoms. The fourth-order valence-electron chi connectivity index (χ4n) is 2.74. The number of hydrogen-bond donors (Lipinski definition) is 4. The largest absolute Gasteiger partial charge is 0.389 e. The van der Waals surface area contributed by atoms with Crippen LogP contribution < -0.4 is 15.4 Å². The van der Waals surface area contributed by atoms with Gasteiger partial charge in [0.1, 0.15) is 0 Å². The van der Waals surface area contributed by atoms with Gasteiger partial charge in [0.25, 0.3) is 10.0 Å². The van der Waals surface area contributed by atoms with Crippen molar-refractivity contribution >= 4 is 27.4 Å². The first kappa shape index (κ1) is 21.3. The van der Waals surface area contributed by atoms with Crippen LogP contribution >= 0.6 is 0 Å². The number of nitrogens with one attached hydrogen (secondary N) is 3. The maximum atomic E-state index is 12.7. The molecule has 1 aromatic heterocycles. The first-order valence-electron chi connectivity index (χ1n) is 9.19. The highest BCUT2D eigenvalue weighted by molar-refractivity contribution is 7.92. The number of aliphatic hydroxyl groups is 1. The van der Waals surface area contributed by atoms with Gasteiger partial charge in [0.15, 0.2) is 0 Å². The number of carbonyl (C=O) groups is 1. The van der Waals surface area contributed by atoms with Gasteiger partial charge in [-0.05, 0) is 48.9 Å². The predicted molar refractivity (Wildman–Crippen MR) is 114 cm³/mol. The van der Waals surface area contributed by atoms with Crippen LogP contribution in [0, 0.1) is 0 Å². The lowest BCUT2D eigenvalue weighted by molar-refractivity contribution is 0.200. The predicted octanol–water partition coefficient (Wildman–Crippen LogP) is 3.26. The molecule has 0 saturated carbocycles. The van der Waals surface area contributed by atoms with E-state index in [-0.39, 0.29) is 4.90 Å². The number of para-hydroxylation sites is 1. The molecular weight excluding hydrogens is 404 g/mol. The fraction of sp³-hybridized carbons (Fsp3) is 0.143. The van der Waals surface area contributed by atoms with Crippen molar-refractivity contribution in [3.63, 3.8) is 0 Å².